The lowest BCUT2D eigenvalue weighted by atomic mass is 10.0. The Kier molecular flexibility index (Phi) is 3.47. The van der Waals surface area contributed by atoms with Crippen LogP contribution >= 0.6 is 0 Å². The number of amides is 2. The molecule has 102 valence electrons. The number of carboxylic acids is 1. The second-order valence-corrected chi connectivity index (χ2v) is 7.02. The normalized spacial score (nSPS) is 32.7. The number of rotatable bonds is 5. The topological polar surface area (TPSA) is 113 Å². The van der Waals surface area contributed by atoms with Crippen molar-refractivity contribution >= 4 is 21.8 Å². The first-order valence-electron chi connectivity index (χ1n) is 5.90. The molecule has 0 saturated carbocycles. The van der Waals surface area contributed by atoms with Gasteiger partial charge in [0.1, 0.15) is 0 Å². The van der Waals surface area contributed by atoms with Crippen molar-refractivity contribution < 1.29 is 23.1 Å². The summed E-state index contributed by atoms with van der Waals surface area (Å²) in [6, 6.07) is -1.03. The molecule has 0 unspecified atom stereocenters. The van der Waals surface area contributed by atoms with Crippen LogP contribution in [0, 0.1) is 0 Å². The number of sulfone groups is 1. The van der Waals surface area contributed by atoms with Crippen LogP contribution in [-0.2, 0) is 14.6 Å². The van der Waals surface area contributed by atoms with E-state index in [0.717, 1.165) is 0 Å². The van der Waals surface area contributed by atoms with E-state index >= 15 is 0 Å². The zero-order valence-electron chi connectivity index (χ0n) is 9.76. The highest BCUT2D eigenvalue weighted by Gasteiger charge is 2.51. The smallest absolute Gasteiger partial charge is 0.315 e. The number of carboxylic acid groups (broad SMARTS) is 1. The van der Waals surface area contributed by atoms with Gasteiger partial charge < -0.3 is 15.7 Å². The maximum Gasteiger partial charge on any atom is 0.315 e. The van der Waals surface area contributed by atoms with Gasteiger partial charge in [-0.2, -0.15) is 0 Å². The molecule has 2 aliphatic rings. The van der Waals surface area contributed by atoms with E-state index in [-0.39, 0.29) is 30.3 Å². The fourth-order valence-electron chi connectivity index (χ4n) is 2.63. The molecule has 3 atom stereocenters. The highest BCUT2D eigenvalue weighted by molar-refractivity contribution is 7.92. The second-order valence-electron chi connectivity index (χ2n) is 4.76. The Bertz CT molecular complexity index is 461. The van der Waals surface area contributed by atoms with Gasteiger partial charge in [0.15, 0.2) is 9.84 Å². The highest BCUT2D eigenvalue weighted by atomic mass is 32.2. The van der Waals surface area contributed by atoms with Crippen LogP contribution in [0.2, 0.25) is 0 Å². The average molecular weight is 276 g/mol. The number of carbonyl (C=O) groups excluding carboxylic acids is 1. The molecule has 2 saturated heterocycles. The number of hydrogen-bond donors (Lipinski definition) is 3. The van der Waals surface area contributed by atoms with E-state index in [2.05, 4.69) is 10.6 Å². The molecule has 0 aromatic rings. The molecule has 0 aliphatic carbocycles. The third kappa shape index (κ3) is 2.58. The molecular weight excluding hydrogens is 260 g/mol. The third-order valence-corrected chi connectivity index (χ3v) is 5.73. The molecule has 3 N–H and O–H groups in total. The van der Waals surface area contributed by atoms with E-state index in [1.54, 1.807) is 0 Å². The Labute approximate surface area is 105 Å². The monoisotopic (exact) mass is 276 g/mol. The molecular formula is C10H16N2O5S. The Hall–Kier alpha value is -1.31. The van der Waals surface area contributed by atoms with Crippen molar-refractivity contribution in [2.45, 2.75) is 43.0 Å². The largest absolute Gasteiger partial charge is 0.481 e. The number of fused-ring (bicyclic) bond motifs is 1. The maximum absolute atomic E-state index is 11.9. The Morgan fingerprint density at radius 3 is 2.72 bits per heavy atom. The van der Waals surface area contributed by atoms with Crippen molar-refractivity contribution in [2.24, 2.45) is 0 Å². The molecule has 8 heteroatoms. The molecule has 2 rings (SSSR count). The Balaban J connectivity index is 1.93. The fourth-order valence-corrected chi connectivity index (χ4v) is 4.90. The van der Waals surface area contributed by atoms with Crippen LogP contribution in [0.15, 0.2) is 0 Å². The van der Waals surface area contributed by atoms with Crippen LogP contribution in [0.25, 0.3) is 0 Å². The first kappa shape index (κ1) is 13.1. The molecule has 7 nitrogen and oxygen atoms in total. The summed E-state index contributed by atoms with van der Waals surface area (Å²) in [5.74, 6) is -0.905. The van der Waals surface area contributed by atoms with Crippen molar-refractivity contribution in [3.63, 3.8) is 0 Å². The van der Waals surface area contributed by atoms with Gasteiger partial charge in [0.2, 0.25) is 0 Å². The molecule has 18 heavy (non-hydrogen) atoms. The number of carbonyl (C=O) groups is 2. The molecule has 0 aromatic heterocycles. The summed E-state index contributed by atoms with van der Waals surface area (Å²) in [7, 11) is -3.20. The van der Waals surface area contributed by atoms with Crippen LogP contribution in [0.4, 0.5) is 4.79 Å². The number of aliphatic carboxylic acids is 1. The second kappa shape index (κ2) is 4.75. The van der Waals surface area contributed by atoms with E-state index in [1.807, 2.05) is 0 Å². The standard InChI is InChI=1S/C10H16N2O5S/c13-8(14)4-2-1-3-7-9-6(5-18(7,16)17)11-10(15)12-9/h6-7,9H,1-5H2,(H,13,14)(H2,11,12,15)/t6-,7+,9+/m0/s1. The average Bonchev–Trinajstić information content (AvgIpc) is 2.66. The minimum atomic E-state index is -3.20. The zero-order chi connectivity index (χ0) is 13.3. The van der Waals surface area contributed by atoms with Gasteiger partial charge in [-0.05, 0) is 12.8 Å². The van der Waals surface area contributed by atoms with E-state index in [4.69, 9.17) is 5.11 Å². The van der Waals surface area contributed by atoms with Crippen LogP contribution in [0.1, 0.15) is 25.7 Å². The molecule has 2 aliphatic heterocycles. The quantitative estimate of drug-likeness (QED) is 0.462. The van der Waals surface area contributed by atoms with Gasteiger partial charge in [-0.15, -0.1) is 0 Å². The van der Waals surface area contributed by atoms with E-state index < -0.39 is 21.1 Å². The lowest BCUT2D eigenvalue weighted by Gasteiger charge is -2.15. The summed E-state index contributed by atoms with van der Waals surface area (Å²) in [5, 5.41) is 13.1. The SMILES string of the molecule is O=C(O)CCCC[C@@H]1[C@@H]2NC(=O)N[C@H]2CS1(=O)=O. The Morgan fingerprint density at radius 2 is 2.06 bits per heavy atom. The van der Waals surface area contributed by atoms with Gasteiger partial charge in [-0.1, -0.05) is 6.42 Å². The van der Waals surface area contributed by atoms with Crippen molar-refractivity contribution in [3.05, 3.63) is 0 Å². The summed E-state index contributed by atoms with van der Waals surface area (Å²) in [4.78, 5) is 21.5. The van der Waals surface area contributed by atoms with Crippen molar-refractivity contribution in [1.29, 1.82) is 0 Å². The molecule has 0 bridgehead atoms. The third-order valence-electron chi connectivity index (χ3n) is 3.45. The molecule has 0 spiro atoms. The predicted molar refractivity (Wildman–Crippen MR) is 62.9 cm³/mol. The van der Waals surface area contributed by atoms with Crippen molar-refractivity contribution in [2.75, 3.05) is 5.75 Å². The van der Waals surface area contributed by atoms with Gasteiger partial charge >= 0.3 is 12.0 Å². The first-order valence-corrected chi connectivity index (χ1v) is 7.62. The van der Waals surface area contributed by atoms with Gasteiger partial charge in [0.05, 0.1) is 23.1 Å². The van der Waals surface area contributed by atoms with Crippen molar-refractivity contribution in [1.82, 2.24) is 10.6 Å². The number of unbranched alkanes of at least 4 members (excludes halogenated alkanes) is 1. The maximum atomic E-state index is 11.9. The van der Waals surface area contributed by atoms with Gasteiger partial charge in [-0.25, -0.2) is 13.2 Å². The fraction of sp³-hybridized carbons (Fsp3) is 0.800. The van der Waals surface area contributed by atoms with E-state index in [9.17, 15) is 18.0 Å². The van der Waals surface area contributed by atoms with Crippen LogP contribution in [-0.4, -0.2) is 48.6 Å². The highest BCUT2D eigenvalue weighted by Crippen LogP contribution is 2.28. The van der Waals surface area contributed by atoms with Gasteiger partial charge in [0.25, 0.3) is 0 Å². The Morgan fingerprint density at radius 1 is 1.33 bits per heavy atom. The lowest BCUT2D eigenvalue weighted by molar-refractivity contribution is -0.137. The van der Waals surface area contributed by atoms with E-state index in [1.165, 1.54) is 0 Å². The summed E-state index contributed by atoms with van der Waals surface area (Å²) in [6.07, 6.45) is 1.44. The number of urea groups is 1. The summed E-state index contributed by atoms with van der Waals surface area (Å²) in [5.41, 5.74) is 0. The van der Waals surface area contributed by atoms with Gasteiger partial charge in [-0.3, -0.25) is 4.79 Å². The summed E-state index contributed by atoms with van der Waals surface area (Å²) in [6.45, 7) is 0. The van der Waals surface area contributed by atoms with Crippen LogP contribution in [0.5, 0.6) is 0 Å². The number of hydrogen-bond acceptors (Lipinski definition) is 4. The van der Waals surface area contributed by atoms with Gasteiger partial charge in [0, 0.05) is 6.42 Å². The van der Waals surface area contributed by atoms with E-state index in [0.29, 0.717) is 19.3 Å². The molecule has 2 amide bonds. The van der Waals surface area contributed by atoms with Crippen LogP contribution in [0.3, 0.4) is 0 Å². The predicted octanol–water partition coefficient (Wildman–Crippen LogP) is -0.522. The first-order chi connectivity index (χ1) is 8.40. The lowest BCUT2D eigenvalue weighted by Crippen LogP contribution is -2.39. The molecule has 2 fully saturated rings. The molecule has 0 aromatic carbocycles. The number of nitrogens with one attached hydrogen (secondary N) is 2. The zero-order valence-corrected chi connectivity index (χ0v) is 10.6. The molecule has 0 radical (unpaired) electrons. The van der Waals surface area contributed by atoms with Crippen LogP contribution < -0.4 is 10.6 Å². The molecule has 2 heterocycles. The summed E-state index contributed by atoms with van der Waals surface area (Å²) < 4.78 is 23.8. The van der Waals surface area contributed by atoms with Crippen molar-refractivity contribution in [3.8, 4) is 0 Å². The minimum absolute atomic E-state index is 0.0278. The summed E-state index contributed by atoms with van der Waals surface area (Å²) >= 11 is 0. The minimum Gasteiger partial charge on any atom is -0.481 e.